The Morgan fingerprint density at radius 2 is 1.75 bits per heavy atom. The van der Waals surface area contributed by atoms with Crippen molar-refractivity contribution in [2.24, 2.45) is 0 Å². The second kappa shape index (κ2) is 3.03. The summed E-state index contributed by atoms with van der Waals surface area (Å²) < 4.78 is 50.4. The monoisotopic (exact) mass is 233 g/mol. The molecule has 0 bridgehead atoms. The summed E-state index contributed by atoms with van der Waals surface area (Å²) in [6.45, 7) is 0. The van der Waals surface area contributed by atoms with E-state index < -0.39 is 40.5 Å². The van der Waals surface area contributed by atoms with E-state index in [0.717, 1.165) is 6.07 Å². The first-order valence-corrected chi connectivity index (χ1v) is 4.07. The van der Waals surface area contributed by atoms with Gasteiger partial charge in [-0.1, -0.05) is 0 Å². The number of benzene rings is 1. The van der Waals surface area contributed by atoms with Gasteiger partial charge in [-0.05, 0) is 12.1 Å². The van der Waals surface area contributed by atoms with Crippen LogP contribution >= 0.6 is 0 Å². The third kappa shape index (κ3) is 1.36. The Balaban J connectivity index is 2.73. The van der Waals surface area contributed by atoms with E-state index in [1.54, 1.807) is 5.32 Å². The molecule has 0 saturated heterocycles. The van der Waals surface area contributed by atoms with Crippen LogP contribution in [-0.2, 0) is 11.0 Å². The second-order valence-electron chi connectivity index (χ2n) is 3.13. The number of anilines is 1. The fraction of sp³-hybridized carbons (Fsp3) is 0.111. The number of carbonyl (C=O) groups is 2. The minimum absolute atomic E-state index is 0.460. The zero-order valence-electron chi connectivity index (χ0n) is 7.48. The molecule has 1 amide bonds. The molecule has 0 unspecified atom stereocenters. The molecule has 7 heteroatoms. The van der Waals surface area contributed by atoms with E-state index in [-0.39, 0.29) is 0 Å². The zero-order valence-corrected chi connectivity index (χ0v) is 7.48. The largest absolute Gasteiger partial charge is 0.421 e. The smallest absolute Gasteiger partial charge is 0.318 e. The summed E-state index contributed by atoms with van der Waals surface area (Å²) in [6.07, 6.45) is -4.96. The Kier molecular flexibility index (Phi) is 2.01. The Hall–Kier alpha value is -1.92. The van der Waals surface area contributed by atoms with Crippen LogP contribution in [0.4, 0.5) is 23.2 Å². The van der Waals surface area contributed by atoms with Crippen LogP contribution in [0.15, 0.2) is 12.1 Å². The van der Waals surface area contributed by atoms with Gasteiger partial charge >= 0.3 is 6.18 Å². The van der Waals surface area contributed by atoms with Crippen LogP contribution < -0.4 is 5.32 Å². The molecule has 0 radical (unpaired) electrons. The lowest BCUT2D eigenvalue weighted by Gasteiger charge is -2.11. The summed E-state index contributed by atoms with van der Waals surface area (Å²) in [4.78, 5) is 22.0. The van der Waals surface area contributed by atoms with Crippen molar-refractivity contribution in [3.8, 4) is 0 Å². The molecule has 0 spiro atoms. The van der Waals surface area contributed by atoms with Crippen molar-refractivity contribution in [3.05, 3.63) is 29.1 Å². The molecular formula is C9H3F4NO2. The van der Waals surface area contributed by atoms with E-state index in [2.05, 4.69) is 0 Å². The van der Waals surface area contributed by atoms with Gasteiger partial charge in [-0.3, -0.25) is 9.59 Å². The molecule has 1 aromatic carbocycles. The van der Waals surface area contributed by atoms with Crippen LogP contribution in [0, 0.1) is 5.82 Å². The number of Topliss-reactive ketones (excluding diaryl/α,β-unsaturated/α-hetero) is 1. The van der Waals surface area contributed by atoms with Crippen LogP contribution in [0.1, 0.15) is 15.9 Å². The predicted molar refractivity (Wildman–Crippen MR) is 44.4 cm³/mol. The molecule has 1 aromatic rings. The summed E-state index contributed by atoms with van der Waals surface area (Å²) in [5.74, 6) is -3.81. The molecule has 0 aliphatic carbocycles. The predicted octanol–water partition coefficient (Wildman–Crippen LogP) is 1.98. The summed E-state index contributed by atoms with van der Waals surface area (Å²) in [5, 5.41) is 1.71. The van der Waals surface area contributed by atoms with Crippen molar-refractivity contribution in [2.45, 2.75) is 6.18 Å². The number of amides is 1. The van der Waals surface area contributed by atoms with Crippen LogP contribution in [-0.4, -0.2) is 11.7 Å². The summed E-state index contributed by atoms with van der Waals surface area (Å²) >= 11 is 0. The maximum Gasteiger partial charge on any atom is 0.421 e. The molecule has 0 saturated carbocycles. The number of hydrogen-bond acceptors (Lipinski definition) is 2. The molecule has 16 heavy (non-hydrogen) atoms. The van der Waals surface area contributed by atoms with Gasteiger partial charge in [0.2, 0.25) is 0 Å². The van der Waals surface area contributed by atoms with Gasteiger partial charge in [0.15, 0.2) is 0 Å². The fourth-order valence-corrected chi connectivity index (χ4v) is 1.47. The van der Waals surface area contributed by atoms with Crippen LogP contribution in [0.3, 0.4) is 0 Å². The number of halogens is 4. The number of ketones is 1. The molecular weight excluding hydrogens is 230 g/mol. The maximum absolute atomic E-state index is 13.0. The number of alkyl halides is 3. The van der Waals surface area contributed by atoms with E-state index in [1.807, 2.05) is 0 Å². The van der Waals surface area contributed by atoms with E-state index in [0.29, 0.717) is 6.07 Å². The van der Waals surface area contributed by atoms with Gasteiger partial charge in [0.1, 0.15) is 11.4 Å². The van der Waals surface area contributed by atoms with Gasteiger partial charge in [0.25, 0.3) is 11.7 Å². The first kappa shape index (κ1) is 10.6. The summed E-state index contributed by atoms with van der Waals surface area (Å²) in [6, 6.07) is 1.36. The highest BCUT2D eigenvalue weighted by Crippen LogP contribution is 2.40. The molecule has 1 N–H and O–H groups in total. The molecule has 84 valence electrons. The lowest BCUT2D eigenvalue weighted by Crippen LogP contribution is -2.14. The van der Waals surface area contributed by atoms with E-state index in [1.165, 1.54) is 0 Å². The Bertz CT molecular complexity index is 507. The minimum atomic E-state index is -4.96. The SMILES string of the molecule is O=C1Nc2c(ccc(F)c2C(F)(F)F)C1=O. The zero-order chi connectivity index (χ0) is 12.1. The molecule has 1 heterocycles. The number of fused-ring (bicyclic) bond motifs is 1. The van der Waals surface area contributed by atoms with Gasteiger partial charge < -0.3 is 5.32 Å². The molecule has 0 fully saturated rings. The normalized spacial score (nSPS) is 15.0. The van der Waals surface area contributed by atoms with E-state index >= 15 is 0 Å². The lowest BCUT2D eigenvalue weighted by molar-refractivity contribution is -0.139. The molecule has 0 aromatic heterocycles. The van der Waals surface area contributed by atoms with E-state index in [9.17, 15) is 27.2 Å². The first-order valence-electron chi connectivity index (χ1n) is 4.07. The molecule has 3 nitrogen and oxygen atoms in total. The van der Waals surface area contributed by atoms with E-state index in [4.69, 9.17) is 0 Å². The fourth-order valence-electron chi connectivity index (χ4n) is 1.47. The van der Waals surface area contributed by atoms with Crippen molar-refractivity contribution in [1.82, 2.24) is 0 Å². The van der Waals surface area contributed by atoms with Gasteiger partial charge in [0.05, 0.1) is 11.3 Å². The number of rotatable bonds is 0. The molecule has 1 aliphatic rings. The van der Waals surface area contributed by atoms with Gasteiger partial charge in [0, 0.05) is 0 Å². The number of hydrogen-bond donors (Lipinski definition) is 1. The number of nitrogens with one attached hydrogen (secondary N) is 1. The Morgan fingerprint density at radius 1 is 1.12 bits per heavy atom. The van der Waals surface area contributed by atoms with Gasteiger partial charge in [-0.25, -0.2) is 4.39 Å². The van der Waals surface area contributed by atoms with Crippen LogP contribution in [0.5, 0.6) is 0 Å². The molecule has 0 atom stereocenters. The first-order chi connectivity index (χ1) is 7.32. The highest BCUT2D eigenvalue weighted by molar-refractivity contribution is 6.51. The highest BCUT2D eigenvalue weighted by Gasteiger charge is 2.42. The quantitative estimate of drug-likeness (QED) is 0.550. The van der Waals surface area contributed by atoms with Crippen molar-refractivity contribution in [3.63, 3.8) is 0 Å². The minimum Gasteiger partial charge on any atom is -0.318 e. The lowest BCUT2D eigenvalue weighted by atomic mass is 10.1. The van der Waals surface area contributed by atoms with Crippen molar-refractivity contribution >= 4 is 17.4 Å². The topological polar surface area (TPSA) is 46.2 Å². The molecule has 2 rings (SSSR count). The van der Waals surface area contributed by atoms with Crippen LogP contribution in [0.25, 0.3) is 0 Å². The van der Waals surface area contributed by atoms with Gasteiger partial charge in [-0.15, -0.1) is 0 Å². The van der Waals surface area contributed by atoms with Crippen molar-refractivity contribution in [1.29, 1.82) is 0 Å². The summed E-state index contributed by atoms with van der Waals surface area (Å²) in [5.41, 5.74) is -2.88. The summed E-state index contributed by atoms with van der Waals surface area (Å²) in [7, 11) is 0. The average molecular weight is 233 g/mol. The Morgan fingerprint density at radius 3 is 2.31 bits per heavy atom. The van der Waals surface area contributed by atoms with Crippen molar-refractivity contribution < 1.29 is 27.2 Å². The number of carbonyl (C=O) groups excluding carboxylic acids is 2. The maximum atomic E-state index is 13.0. The third-order valence-corrected chi connectivity index (χ3v) is 2.13. The Labute approximate surface area is 86.1 Å². The highest BCUT2D eigenvalue weighted by atomic mass is 19.4. The van der Waals surface area contributed by atoms with Gasteiger partial charge in [-0.2, -0.15) is 13.2 Å². The van der Waals surface area contributed by atoms with Crippen molar-refractivity contribution in [2.75, 3.05) is 5.32 Å². The second-order valence-corrected chi connectivity index (χ2v) is 3.13. The molecule has 1 aliphatic heterocycles. The average Bonchev–Trinajstić information content (AvgIpc) is 2.40. The third-order valence-electron chi connectivity index (χ3n) is 2.13. The van der Waals surface area contributed by atoms with Crippen LogP contribution in [0.2, 0.25) is 0 Å². The standard InChI is InChI=1S/C9H3F4NO2/c10-4-2-1-3-6(5(4)9(11,12)13)14-8(16)7(3)15/h1-2H,(H,14,15,16).